The molecule has 0 atom stereocenters. The molecule has 18 heavy (non-hydrogen) atoms. The van der Waals surface area contributed by atoms with Gasteiger partial charge in [0.05, 0.1) is 18.4 Å². The lowest BCUT2D eigenvalue weighted by atomic mass is 10.3. The molecule has 0 bridgehead atoms. The lowest BCUT2D eigenvalue weighted by Crippen LogP contribution is -2.48. The number of carbonyl (C=O) groups excluding carboxylic acids is 2. The molecule has 2 amide bonds. The lowest BCUT2D eigenvalue weighted by Gasteiger charge is -2.27. The molecule has 1 saturated heterocycles. The van der Waals surface area contributed by atoms with Crippen LogP contribution in [0.1, 0.15) is 13.3 Å². The number of hydrogen-bond acceptors (Lipinski definition) is 4. The molecule has 1 fully saturated rings. The summed E-state index contributed by atoms with van der Waals surface area (Å²) in [4.78, 5) is 28.6. The Balaban J connectivity index is 2.02. The Morgan fingerprint density at radius 2 is 2.39 bits per heavy atom. The van der Waals surface area contributed by atoms with Gasteiger partial charge in [-0.05, 0) is 12.1 Å². The molecular weight excluding hydrogens is 232 g/mol. The lowest BCUT2D eigenvalue weighted by molar-refractivity contribution is -0.120. The number of pyridine rings is 1. The van der Waals surface area contributed by atoms with Gasteiger partial charge in [-0.2, -0.15) is 0 Å². The van der Waals surface area contributed by atoms with Crippen LogP contribution < -0.4 is 15.5 Å². The van der Waals surface area contributed by atoms with Crippen molar-refractivity contribution in [1.29, 1.82) is 0 Å². The minimum Gasteiger partial charge on any atom is -0.353 e. The molecule has 0 radical (unpaired) electrons. The molecule has 1 aliphatic rings. The van der Waals surface area contributed by atoms with Gasteiger partial charge in [-0.15, -0.1) is 0 Å². The number of amides is 2. The molecule has 2 N–H and O–H groups in total. The fourth-order valence-corrected chi connectivity index (χ4v) is 1.73. The quantitative estimate of drug-likeness (QED) is 0.810. The van der Waals surface area contributed by atoms with Crippen molar-refractivity contribution in [3.8, 4) is 0 Å². The van der Waals surface area contributed by atoms with E-state index in [1.807, 2.05) is 11.0 Å². The second-order valence-corrected chi connectivity index (χ2v) is 4.08. The first-order chi connectivity index (χ1) is 8.69. The van der Waals surface area contributed by atoms with Gasteiger partial charge in [-0.1, -0.05) is 6.92 Å². The zero-order chi connectivity index (χ0) is 13.0. The Bertz CT molecular complexity index is 444. The number of nitrogens with one attached hydrogen (secondary N) is 2. The maximum absolute atomic E-state index is 11.3. The molecule has 1 aromatic rings. The summed E-state index contributed by atoms with van der Waals surface area (Å²) in [6.07, 6.45) is 2.05. The number of anilines is 2. The van der Waals surface area contributed by atoms with Crippen molar-refractivity contribution >= 4 is 23.3 Å². The Morgan fingerprint density at radius 1 is 1.56 bits per heavy atom. The molecule has 2 rings (SSSR count). The van der Waals surface area contributed by atoms with E-state index >= 15 is 0 Å². The van der Waals surface area contributed by atoms with E-state index in [9.17, 15) is 9.59 Å². The van der Waals surface area contributed by atoms with Crippen LogP contribution in [0.25, 0.3) is 0 Å². The predicted molar refractivity (Wildman–Crippen MR) is 68.4 cm³/mol. The second-order valence-electron chi connectivity index (χ2n) is 4.08. The third kappa shape index (κ3) is 2.97. The summed E-state index contributed by atoms with van der Waals surface area (Å²) in [5.74, 6) is 0.715. The molecule has 6 nitrogen and oxygen atoms in total. The fourth-order valence-electron chi connectivity index (χ4n) is 1.73. The van der Waals surface area contributed by atoms with Crippen molar-refractivity contribution in [3.63, 3.8) is 0 Å². The summed E-state index contributed by atoms with van der Waals surface area (Å²) in [6, 6.07) is 3.60. The molecule has 0 unspecified atom stereocenters. The highest BCUT2D eigenvalue weighted by Gasteiger charge is 2.17. The molecule has 1 aromatic heterocycles. The van der Waals surface area contributed by atoms with Crippen LogP contribution in [0.15, 0.2) is 18.3 Å². The smallest absolute Gasteiger partial charge is 0.239 e. The normalized spacial score (nSPS) is 15.2. The topological polar surface area (TPSA) is 74.3 Å². The van der Waals surface area contributed by atoms with Gasteiger partial charge in [0.2, 0.25) is 11.8 Å². The molecule has 0 aromatic carbocycles. The zero-order valence-corrected chi connectivity index (χ0v) is 10.3. The summed E-state index contributed by atoms with van der Waals surface area (Å²) in [6.45, 7) is 3.51. The van der Waals surface area contributed by atoms with Crippen LogP contribution in [-0.4, -0.2) is 36.4 Å². The van der Waals surface area contributed by atoms with E-state index in [2.05, 4.69) is 15.6 Å². The van der Waals surface area contributed by atoms with Crippen LogP contribution >= 0.6 is 0 Å². The number of nitrogens with zero attached hydrogens (tertiary/aromatic N) is 2. The largest absolute Gasteiger partial charge is 0.353 e. The number of piperazine rings is 1. The van der Waals surface area contributed by atoms with Gasteiger partial charge in [0.15, 0.2) is 0 Å². The Labute approximate surface area is 105 Å². The van der Waals surface area contributed by atoms with Gasteiger partial charge in [-0.3, -0.25) is 9.59 Å². The minimum absolute atomic E-state index is 0.00594. The SMILES string of the molecule is CCC(=O)Nc1ccc(N2CCNC(=O)C2)nc1. The standard InChI is InChI=1S/C12H16N4O2/c1-2-11(17)15-9-3-4-10(14-7-9)16-6-5-13-12(18)8-16/h3-4,7H,2,5-6,8H2,1H3,(H,13,18)(H,15,17). The Hall–Kier alpha value is -2.11. The monoisotopic (exact) mass is 248 g/mol. The van der Waals surface area contributed by atoms with Crippen molar-refractivity contribution in [2.45, 2.75) is 13.3 Å². The van der Waals surface area contributed by atoms with E-state index in [0.717, 1.165) is 12.4 Å². The third-order valence-electron chi connectivity index (χ3n) is 2.72. The molecule has 2 heterocycles. The Morgan fingerprint density at radius 3 is 3.00 bits per heavy atom. The van der Waals surface area contributed by atoms with Crippen LogP contribution in [-0.2, 0) is 9.59 Å². The number of rotatable bonds is 3. The van der Waals surface area contributed by atoms with Crippen LogP contribution in [0.5, 0.6) is 0 Å². The van der Waals surface area contributed by atoms with Crippen LogP contribution in [0, 0.1) is 0 Å². The third-order valence-corrected chi connectivity index (χ3v) is 2.72. The van der Waals surface area contributed by atoms with Crippen molar-refractivity contribution in [3.05, 3.63) is 18.3 Å². The maximum Gasteiger partial charge on any atom is 0.239 e. The fraction of sp³-hybridized carbons (Fsp3) is 0.417. The predicted octanol–water partition coefficient (Wildman–Crippen LogP) is 0.366. The molecule has 0 aliphatic carbocycles. The first-order valence-corrected chi connectivity index (χ1v) is 5.96. The van der Waals surface area contributed by atoms with Crippen LogP contribution in [0.2, 0.25) is 0 Å². The van der Waals surface area contributed by atoms with Crippen molar-refractivity contribution < 1.29 is 9.59 Å². The van der Waals surface area contributed by atoms with Gasteiger partial charge < -0.3 is 15.5 Å². The number of carbonyl (C=O) groups is 2. The van der Waals surface area contributed by atoms with Gasteiger partial charge in [0.1, 0.15) is 5.82 Å². The van der Waals surface area contributed by atoms with E-state index < -0.39 is 0 Å². The summed E-state index contributed by atoms with van der Waals surface area (Å²) >= 11 is 0. The minimum atomic E-state index is -0.0399. The number of aromatic nitrogens is 1. The highest BCUT2D eigenvalue weighted by molar-refractivity contribution is 5.90. The molecule has 0 spiro atoms. The van der Waals surface area contributed by atoms with Crippen LogP contribution in [0.4, 0.5) is 11.5 Å². The van der Waals surface area contributed by atoms with Gasteiger partial charge in [0, 0.05) is 19.5 Å². The van der Waals surface area contributed by atoms with E-state index in [0.29, 0.717) is 25.2 Å². The maximum atomic E-state index is 11.3. The summed E-state index contributed by atoms with van der Waals surface area (Å²) in [7, 11) is 0. The molecule has 96 valence electrons. The van der Waals surface area contributed by atoms with Gasteiger partial charge >= 0.3 is 0 Å². The van der Waals surface area contributed by atoms with Crippen molar-refractivity contribution in [1.82, 2.24) is 10.3 Å². The van der Waals surface area contributed by atoms with Crippen molar-refractivity contribution in [2.75, 3.05) is 29.9 Å². The molecule has 6 heteroatoms. The van der Waals surface area contributed by atoms with E-state index in [-0.39, 0.29) is 11.8 Å². The van der Waals surface area contributed by atoms with Gasteiger partial charge in [-0.25, -0.2) is 4.98 Å². The van der Waals surface area contributed by atoms with Crippen LogP contribution in [0.3, 0.4) is 0 Å². The Kier molecular flexibility index (Phi) is 3.76. The van der Waals surface area contributed by atoms with E-state index in [1.165, 1.54) is 0 Å². The average molecular weight is 248 g/mol. The first kappa shape index (κ1) is 12.3. The van der Waals surface area contributed by atoms with E-state index in [4.69, 9.17) is 0 Å². The summed E-state index contributed by atoms with van der Waals surface area (Å²) < 4.78 is 0. The highest BCUT2D eigenvalue weighted by atomic mass is 16.2. The van der Waals surface area contributed by atoms with Gasteiger partial charge in [0.25, 0.3) is 0 Å². The van der Waals surface area contributed by atoms with E-state index in [1.54, 1.807) is 19.2 Å². The van der Waals surface area contributed by atoms with Crippen molar-refractivity contribution in [2.24, 2.45) is 0 Å². The highest BCUT2D eigenvalue weighted by Crippen LogP contribution is 2.14. The second kappa shape index (κ2) is 5.48. The molecular formula is C12H16N4O2. The first-order valence-electron chi connectivity index (χ1n) is 5.96. The summed E-state index contributed by atoms with van der Waals surface area (Å²) in [5.41, 5.74) is 0.673. The molecule has 0 saturated carbocycles. The molecule has 1 aliphatic heterocycles. The number of hydrogen-bond donors (Lipinski definition) is 2. The zero-order valence-electron chi connectivity index (χ0n) is 10.3. The summed E-state index contributed by atoms with van der Waals surface area (Å²) in [5, 5.41) is 5.49. The average Bonchev–Trinajstić information content (AvgIpc) is 2.39.